The number of likely N-dealkylation sites (tertiary alicyclic amines) is 1. The van der Waals surface area contributed by atoms with Crippen molar-refractivity contribution in [3.05, 3.63) is 119 Å². The van der Waals surface area contributed by atoms with E-state index in [0.717, 1.165) is 31.5 Å². The summed E-state index contributed by atoms with van der Waals surface area (Å²) in [5, 5.41) is 25.0. The van der Waals surface area contributed by atoms with Crippen LogP contribution in [0, 0.1) is 10.1 Å². The number of hydrogen-bond acceptors (Lipinski definition) is 9. The molecule has 12 heteroatoms. The molecule has 11 nitrogen and oxygen atoms in total. The number of ether oxygens (including phenoxy) is 1. The second kappa shape index (κ2) is 16.1. The summed E-state index contributed by atoms with van der Waals surface area (Å²) in [7, 11) is -2.20. The minimum atomic E-state index is -3.76. The molecule has 1 aliphatic heterocycles. The molecule has 46 heavy (non-hydrogen) atoms. The summed E-state index contributed by atoms with van der Waals surface area (Å²) < 4.78 is 33.5. The minimum Gasteiger partial charge on any atom is -0.459 e. The van der Waals surface area contributed by atoms with Gasteiger partial charge in [0.05, 0.1) is 16.4 Å². The van der Waals surface area contributed by atoms with Gasteiger partial charge >= 0.3 is 5.97 Å². The van der Waals surface area contributed by atoms with Crippen LogP contribution < -0.4 is 5.32 Å². The van der Waals surface area contributed by atoms with Crippen molar-refractivity contribution in [2.75, 3.05) is 39.8 Å². The monoisotopic (exact) mass is 650 g/mol. The molecule has 0 saturated carbocycles. The molecule has 0 bridgehead atoms. The Kier molecular flexibility index (Phi) is 12.2. The summed E-state index contributed by atoms with van der Waals surface area (Å²) in [4.78, 5) is 25.6. The Hall–Kier alpha value is -3.94. The van der Waals surface area contributed by atoms with Gasteiger partial charge in [-0.1, -0.05) is 54.6 Å². The topological polar surface area (TPSA) is 142 Å². The van der Waals surface area contributed by atoms with Crippen LogP contribution in [0.25, 0.3) is 0 Å². The zero-order chi connectivity index (χ0) is 33.2. The number of nitrogens with zero attached hydrogens (tertiary/aromatic N) is 3. The lowest BCUT2D eigenvalue weighted by molar-refractivity contribution is -0.384. The lowest BCUT2D eigenvalue weighted by Gasteiger charge is -2.39. The molecule has 246 valence electrons. The Labute approximate surface area is 270 Å². The van der Waals surface area contributed by atoms with Gasteiger partial charge in [0.2, 0.25) is 10.0 Å². The van der Waals surface area contributed by atoms with Crippen LogP contribution in [-0.4, -0.2) is 85.5 Å². The van der Waals surface area contributed by atoms with Crippen LogP contribution >= 0.6 is 0 Å². The maximum Gasteiger partial charge on any atom is 0.327 e. The van der Waals surface area contributed by atoms with Crippen LogP contribution in [0.2, 0.25) is 0 Å². The first-order chi connectivity index (χ1) is 22.1. The number of sulfonamides is 1. The summed E-state index contributed by atoms with van der Waals surface area (Å²) in [5.74, 6) is -0.471. The fraction of sp³-hybridized carbons (Fsp3) is 0.382. The second-order valence-corrected chi connectivity index (χ2v) is 13.7. The third kappa shape index (κ3) is 8.86. The van der Waals surface area contributed by atoms with E-state index >= 15 is 0 Å². The average molecular weight is 651 g/mol. The van der Waals surface area contributed by atoms with Crippen molar-refractivity contribution < 1.29 is 28.0 Å². The van der Waals surface area contributed by atoms with E-state index in [1.165, 1.54) is 22.5 Å². The Bertz CT molecular complexity index is 1550. The van der Waals surface area contributed by atoms with Crippen molar-refractivity contribution in [3.63, 3.8) is 0 Å². The molecule has 1 fully saturated rings. The summed E-state index contributed by atoms with van der Waals surface area (Å²) in [6, 6.07) is 23.1. The number of aliphatic hydroxyl groups excluding tert-OH is 1. The van der Waals surface area contributed by atoms with Crippen molar-refractivity contribution in [2.24, 2.45) is 0 Å². The van der Waals surface area contributed by atoms with Crippen molar-refractivity contribution in [1.29, 1.82) is 0 Å². The van der Waals surface area contributed by atoms with E-state index in [9.17, 15) is 28.4 Å². The smallest absolute Gasteiger partial charge is 0.327 e. The summed E-state index contributed by atoms with van der Waals surface area (Å²) in [5.41, 5.74) is 0.685. The summed E-state index contributed by atoms with van der Waals surface area (Å²) in [6.45, 7) is 5.85. The highest BCUT2D eigenvalue weighted by Crippen LogP contribution is 2.31. The predicted molar refractivity (Wildman–Crippen MR) is 176 cm³/mol. The molecule has 0 radical (unpaired) electrons. The molecule has 2 unspecified atom stereocenters. The van der Waals surface area contributed by atoms with Crippen LogP contribution in [0.1, 0.15) is 30.4 Å². The fourth-order valence-corrected chi connectivity index (χ4v) is 7.03. The molecule has 0 spiro atoms. The molecule has 0 amide bonds. The quantitative estimate of drug-likeness (QED) is 0.102. The van der Waals surface area contributed by atoms with E-state index in [0.29, 0.717) is 18.5 Å². The van der Waals surface area contributed by atoms with Gasteiger partial charge in [0, 0.05) is 37.2 Å². The molecule has 4 rings (SSSR count). The zero-order valence-electron chi connectivity index (χ0n) is 26.0. The summed E-state index contributed by atoms with van der Waals surface area (Å²) >= 11 is 0. The molecule has 3 aromatic rings. The molecule has 2 atom stereocenters. The van der Waals surface area contributed by atoms with E-state index in [1.807, 2.05) is 30.3 Å². The highest BCUT2D eigenvalue weighted by molar-refractivity contribution is 7.89. The van der Waals surface area contributed by atoms with Gasteiger partial charge in [-0.15, -0.1) is 6.58 Å². The zero-order valence-corrected chi connectivity index (χ0v) is 26.8. The SMILES string of the molecule is C=CC(NC1CCN(CCC(CO)(CN(C)S(=O)(=O)c2ccccc2)c2ccccc2)CC1)C(=O)OCc1ccc([N+](=O)[O-])cc1. The number of carbonyl (C=O) groups excluding carboxylic acids is 1. The largest absolute Gasteiger partial charge is 0.459 e. The van der Waals surface area contributed by atoms with Crippen molar-refractivity contribution in [1.82, 2.24) is 14.5 Å². The Morgan fingerprint density at radius 3 is 2.28 bits per heavy atom. The van der Waals surface area contributed by atoms with E-state index in [4.69, 9.17) is 4.74 Å². The van der Waals surface area contributed by atoms with Crippen molar-refractivity contribution in [2.45, 2.75) is 48.3 Å². The number of non-ortho nitro benzene ring substituents is 1. The maximum absolute atomic E-state index is 13.4. The van der Waals surface area contributed by atoms with Gasteiger partial charge in [-0.25, -0.2) is 13.2 Å². The number of nitro groups is 1. The number of esters is 1. The van der Waals surface area contributed by atoms with Crippen LogP contribution in [-0.2, 0) is 31.6 Å². The van der Waals surface area contributed by atoms with Gasteiger partial charge < -0.3 is 14.7 Å². The number of carbonyl (C=O) groups is 1. The third-order valence-corrected chi connectivity index (χ3v) is 10.4. The molecule has 0 aromatic heterocycles. The molecular formula is C34H42N4O7S. The highest BCUT2D eigenvalue weighted by Gasteiger charge is 2.37. The first-order valence-corrected chi connectivity index (χ1v) is 16.7. The van der Waals surface area contributed by atoms with Gasteiger partial charge in [-0.05, 0) is 74.3 Å². The van der Waals surface area contributed by atoms with Crippen molar-refractivity contribution in [3.8, 4) is 0 Å². The lowest BCUT2D eigenvalue weighted by Crippen LogP contribution is -2.50. The van der Waals surface area contributed by atoms with E-state index in [2.05, 4.69) is 16.8 Å². The van der Waals surface area contributed by atoms with Gasteiger partial charge in [-0.2, -0.15) is 4.31 Å². The Morgan fingerprint density at radius 2 is 1.72 bits per heavy atom. The van der Waals surface area contributed by atoms with Gasteiger partial charge in [0.15, 0.2) is 0 Å². The van der Waals surface area contributed by atoms with Crippen LogP contribution in [0.4, 0.5) is 5.69 Å². The molecule has 0 aliphatic carbocycles. The Morgan fingerprint density at radius 1 is 1.11 bits per heavy atom. The van der Waals surface area contributed by atoms with E-state index in [1.54, 1.807) is 49.5 Å². The number of piperidine rings is 1. The normalized spacial score (nSPS) is 16.4. The predicted octanol–water partition coefficient (Wildman–Crippen LogP) is 3.89. The fourth-order valence-electron chi connectivity index (χ4n) is 5.75. The second-order valence-electron chi connectivity index (χ2n) is 11.7. The van der Waals surface area contributed by atoms with Gasteiger partial charge in [0.1, 0.15) is 12.6 Å². The number of rotatable bonds is 16. The van der Waals surface area contributed by atoms with Gasteiger partial charge in [0.25, 0.3) is 5.69 Å². The van der Waals surface area contributed by atoms with Crippen molar-refractivity contribution >= 4 is 21.7 Å². The van der Waals surface area contributed by atoms with Crippen LogP contribution in [0.15, 0.2) is 102 Å². The molecule has 1 heterocycles. The number of likely N-dealkylation sites (N-methyl/N-ethyl adjacent to an activating group) is 1. The first-order valence-electron chi connectivity index (χ1n) is 15.3. The highest BCUT2D eigenvalue weighted by atomic mass is 32.2. The van der Waals surface area contributed by atoms with Crippen LogP contribution in [0.5, 0.6) is 0 Å². The average Bonchev–Trinajstić information content (AvgIpc) is 3.09. The number of aliphatic hydroxyl groups is 1. The number of hydrogen-bond donors (Lipinski definition) is 2. The van der Waals surface area contributed by atoms with E-state index in [-0.39, 0.29) is 36.4 Å². The number of nitrogens with one attached hydrogen (secondary N) is 1. The maximum atomic E-state index is 13.4. The molecule has 1 saturated heterocycles. The minimum absolute atomic E-state index is 0.00283. The standard InChI is InChI=1S/C34H42N4O7S/c1-3-32(33(40)45-24-27-14-16-30(17-15-27)38(41)42)35-29-18-21-37(22-19-29)23-20-34(26-39,28-10-6-4-7-11-28)25-36(2)46(43,44)31-12-8-5-9-13-31/h3-17,29,32,35,39H,1,18-26H2,2H3. The number of benzene rings is 3. The van der Waals surface area contributed by atoms with Crippen LogP contribution in [0.3, 0.4) is 0 Å². The molecule has 3 aromatic carbocycles. The molecule has 2 N–H and O–H groups in total. The summed E-state index contributed by atoms with van der Waals surface area (Å²) in [6.07, 6.45) is 3.62. The first kappa shape index (κ1) is 34.9. The molecular weight excluding hydrogens is 608 g/mol. The Balaban J connectivity index is 1.33. The van der Waals surface area contributed by atoms with Gasteiger partial charge in [-0.3, -0.25) is 15.4 Å². The molecule has 1 aliphatic rings. The number of nitro benzene ring substituents is 1. The lowest BCUT2D eigenvalue weighted by atomic mass is 9.77. The van der Waals surface area contributed by atoms with E-state index < -0.39 is 32.4 Å². The third-order valence-electron chi connectivity index (χ3n) is 8.59.